The van der Waals surface area contributed by atoms with Gasteiger partial charge in [0.25, 0.3) is 0 Å². The zero-order valence-corrected chi connectivity index (χ0v) is 15.3. The van der Waals surface area contributed by atoms with E-state index >= 15 is 0 Å². The quantitative estimate of drug-likeness (QED) is 0.527. The number of aromatic nitrogens is 2. The predicted octanol–water partition coefficient (Wildman–Crippen LogP) is 5.29. The van der Waals surface area contributed by atoms with Gasteiger partial charge >= 0.3 is 5.97 Å². The van der Waals surface area contributed by atoms with Gasteiger partial charge in [-0.1, -0.05) is 45.0 Å². The molecule has 0 radical (unpaired) electrons. The lowest BCUT2D eigenvalue weighted by Gasteiger charge is -2.19. The van der Waals surface area contributed by atoms with Gasteiger partial charge in [0.05, 0.1) is 22.3 Å². The van der Waals surface area contributed by atoms with Gasteiger partial charge < -0.3 is 9.51 Å². The second-order valence-corrected chi connectivity index (χ2v) is 7.68. The minimum Gasteiger partial charge on any atom is -0.478 e. The molecule has 0 saturated heterocycles. The summed E-state index contributed by atoms with van der Waals surface area (Å²) < 4.78 is 16.3. The van der Waals surface area contributed by atoms with Gasteiger partial charge in [-0.2, -0.15) is 0 Å². The molecule has 0 aliphatic carbocycles. The summed E-state index contributed by atoms with van der Waals surface area (Å²) in [6.07, 6.45) is 1.64. The van der Waals surface area contributed by atoms with E-state index in [0.29, 0.717) is 22.2 Å². The Bertz CT molecular complexity index is 1190. The molecule has 0 aliphatic heterocycles. The number of fused-ring (bicyclic) bond motifs is 3. The third-order valence-corrected chi connectivity index (χ3v) is 4.80. The number of nitrogens with zero attached hydrogens (tertiary/aromatic N) is 2. The molecule has 4 aromatic rings. The van der Waals surface area contributed by atoms with E-state index in [1.807, 2.05) is 24.3 Å². The molecule has 0 saturated carbocycles. The first-order valence-corrected chi connectivity index (χ1v) is 8.70. The van der Waals surface area contributed by atoms with E-state index in [0.717, 1.165) is 5.56 Å². The molecule has 0 fully saturated rings. The summed E-state index contributed by atoms with van der Waals surface area (Å²) in [6, 6.07) is 14.0. The molecule has 0 atom stereocenters. The molecular formula is C22H19FN2O2. The zero-order chi connectivity index (χ0) is 19.3. The molecule has 0 amide bonds. The Morgan fingerprint density at radius 1 is 1.07 bits per heavy atom. The number of carbonyl (C=O) groups is 1. The third-order valence-electron chi connectivity index (χ3n) is 4.80. The number of benzene rings is 2. The van der Waals surface area contributed by atoms with Crippen LogP contribution in [0.1, 0.15) is 36.7 Å². The van der Waals surface area contributed by atoms with Crippen LogP contribution in [0.2, 0.25) is 0 Å². The first-order valence-electron chi connectivity index (χ1n) is 8.70. The van der Waals surface area contributed by atoms with Crippen molar-refractivity contribution in [1.29, 1.82) is 0 Å². The highest BCUT2D eigenvalue weighted by Crippen LogP contribution is 2.31. The lowest BCUT2D eigenvalue weighted by Crippen LogP contribution is -2.10. The lowest BCUT2D eigenvalue weighted by molar-refractivity contribution is 0.0697. The first kappa shape index (κ1) is 17.2. The Morgan fingerprint density at radius 3 is 2.41 bits per heavy atom. The number of rotatable bonds is 2. The largest absolute Gasteiger partial charge is 0.478 e. The van der Waals surface area contributed by atoms with Gasteiger partial charge in [0.2, 0.25) is 0 Å². The average molecular weight is 362 g/mol. The molecule has 27 heavy (non-hydrogen) atoms. The highest BCUT2D eigenvalue weighted by Gasteiger charge is 2.17. The van der Waals surface area contributed by atoms with Crippen molar-refractivity contribution in [2.45, 2.75) is 26.2 Å². The van der Waals surface area contributed by atoms with Crippen LogP contribution in [-0.4, -0.2) is 20.5 Å². The maximum absolute atomic E-state index is 14.5. The van der Waals surface area contributed by atoms with Crippen molar-refractivity contribution in [3.8, 4) is 11.3 Å². The fraction of sp³-hybridized carbons (Fsp3) is 0.182. The van der Waals surface area contributed by atoms with Crippen molar-refractivity contribution in [2.24, 2.45) is 0 Å². The average Bonchev–Trinajstić information content (AvgIpc) is 3.02. The van der Waals surface area contributed by atoms with Crippen molar-refractivity contribution in [3.63, 3.8) is 0 Å². The highest BCUT2D eigenvalue weighted by atomic mass is 19.1. The number of hydrogen-bond acceptors (Lipinski definition) is 2. The molecule has 2 heterocycles. The van der Waals surface area contributed by atoms with Crippen LogP contribution in [0.5, 0.6) is 0 Å². The number of carboxylic acids is 1. The van der Waals surface area contributed by atoms with Gasteiger partial charge in [-0.15, -0.1) is 0 Å². The van der Waals surface area contributed by atoms with Crippen LogP contribution in [0.3, 0.4) is 0 Å². The maximum Gasteiger partial charge on any atom is 0.335 e. The number of halogens is 1. The zero-order valence-electron chi connectivity index (χ0n) is 15.3. The van der Waals surface area contributed by atoms with Crippen molar-refractivity contribution < 1.29 is 14.3 Å². The van der Waals surface area contributed by atoms with Crippen LogP contribution in [0, 0.1) is 5.82 Å². The molecule has 4 rings (SSSR count). The Balaban J connectivity index is 2.00. The van der Waals surface area contributed by atoms with Crippen LogP contribution in [0.15, 0.2) is 54.7 Å². The Morgan fingerprint density at radius 2 is 1.78 bits per heavy atom. The van der Waals surface area contributed by atoms with E-state index in [1.165, 1.54) is 23.8 Å². The Labute approximate surface area is 155 Å². The van der Waals surface area contributed by atoms with Crippen LogP contribution < -0.4 is 0 Å². The van der Waals surface area contributed by atoms with Gasteiger partial charge in [-0.3, -0.25) is 0 Å². The Kier molecular flexibility index (Phi) is 3.77. The molecule has 4 nitrogen and oxygen atoms in total. The molecule has 0 aliphatic rings. The van der Waals surface area contributed by atoms with Gasteiger partial charge in [0.15, 0.2) is 5.82 Å². The molecule has 0 spiro atoms. The molecule has 0 unspecified atom stereocenters. The van der Waals surface area contributed by atoms with E-state index in [1.54, 1.807) is 16.7 Å². The summed E-state index contributed by atoms with van der Waals surface area (Å²) in [4.78, 5) is 15.9. The van der Waals surface area contributed by atoms with Crippen molar-refractivity contribution in [1.82, 2.24) is 9.38 Å². The topological polar surface area (TPSA) is 54.6 Å². The summed E-state index contributed by atoms with van der Waals surface area (Å²) in [5.74, 6) is -1.38. The van der Waals surface area contributed by atoms with Gasteiger partial charge in [0, 0.05) is 11.8 Å². The summed E-state index contributed by atoms with van der Waals surface area (Å²) in [7, 11) is 0. The molecular weight excluding hydrogens is 343 g/mol. The fourth-order valence-electron chi connectivity index (χ4n) is 3.29. The standard InChI is InChI=1S/C22H19FN2O2/c1-22(2,3)15-7-4-13(5-8-15)19-20-16(23)10-11-25(20)18-9-6-14(21(26)27)12-17(18)24-19/h4-12H,1-3H3,(H,26,27). The minimum atomic E-state index is -1.02. The second-order valence-electron chi connectivity index (χ2n) is 7.68. The van der Waals surface area contributed by atoms with Gasteiger partial charge in [-0.05, 0) is 35.2 Å². The van der Waals surface area contributed by atoms with E-state index < -0.39 is 5.97 Å². The number of hydrogen-bond donors (Lipinski definition) is 1. The lowest BCUT2D eigenvalue weighted by atomic mass is 9.86. The molecule has 5 heteroatoms. The van der Waals surface area contributed by atoms with Crippen LogP contribution >= 0.6 is 0 Å². The van der Waals surface area contributed by atoms with E-state index in [4.69, 9.17) is 0 Å². The molecule has 1 N–H and O–H groups in total. The summed E-state index contributed by atoms with van der Waals surface area (Å²) in [6.45, 7) is 6.40. The van der Waals surface area contributed by atoms with Crippen molar-refractivity contribution >= 4 is 22.5 Å². The fourth-order valence-corrected chi connectivity index (χ4v) is 3.29. The number of aromatic carboxylic acids is 1. The van der Waals surface area contributed by atoms with Crippen LogP contribution in [0.4, 0.5) is 4.39 Å². The van der Waals surface area contributed by atoms with Crippen LogP contribution in [-0.2, 0) is 5.41 Å². The van der Waals surface area contributed by atoms with Gasteiger partial charge in [-0.25, -0.2) is 14.2 Å². The van der Waals surface area contributed by atoms with E-state index in [-0.39, 0.29) is 16.8 Å². The first-order chi connectivity index (χ1) is 12.8. The summed E-state index contributed by atoms with van der Waals surface area (Å²) in [5.41, 5.74) is 4.17. The third kappa shape index (κ3) is 2.85. The van der Waals surface area contributed by atoms with Crippen molar-refractivity contribution in [2.75, 3.05) is 0 Å². The van der Waals surface area contributed by atoms with Crippen LogP contribution in [0.25, 0.3) is 27.8 Å². The predicted molar refractivity (Wildman–Crippen MR) is 104 cm³/mol. The smallest absolute Gasteiger partial charge is 0.335 e. The monoisotopic (exact) mass is 362 g/mol. The van der Waals surface area contributed by atoms with Crippen molar-refractivity contribution in [3.05, 3.63) is 71.7 Å². The summed E-state index contributed by atoms with van der Waals surface area (Å²) >= 11 is 0. The molecule has 136 valence electrons. The SMILES string of the molecule is CC(C)(C)c1ccc(-c2nc3cc(C(=O)O)ccc3n3ccc(F)c23)cc1. The normalized spacial score (nSPS) is 12.0. The highest BCUT2D eigenvalue weighted by molar-refractivity contribution is 5.94. The van der Waals surface area contributed by atoms with E-state index in [2.05, 4.69) is 25.8 Å². The van der Waals surface area contributed by atoms with Gasteiger partial charge in [0.1, 0.15) is 5.52 Å². The second kappa shape index (κ2) is 5.91. The molecule has 2 aromatic carbocycles. The van der Waals surface area contributed by atoms with E-state index in [9.17, 15) is 14.3 Å². The minimum absolute atomic E-state index is 0.0152. The number of carboxylic acid groups (broad SMARTS) is 1. The Hall–Kier alpha value is -3.21. The molecule has 2 aromatic heterocycles. The maximum atomic E-state index is 14.5. The summed E-state index contributed by atoms with van der Waals surface area (Å²) in [5, 5.41) is 9.26. The molecule has 0 bridgehead atoms.